The number of imide groups is 1. The fraction of sp³-hybridized carbons (Fsp3) is 0.333. The smallest absolute Gasteiger partial charge is 0.259 e. The molecule has 3 amide bonds. The van der Waals surface area contributed by atoms with Crippen LogP contribution in [0, 0.1) is 35.5 Å². The number of rotatable bonds is 5. The highest BCUT2D eigenvalue weighted by atomic mass is 16.2. The Hall–Kier alpha value is -3.54. The monoisotopic (exact) mass is 440 g/mol. The number of hydrogen-bond acceptors (Lipinski definition) is 4. The molecule has 166 valence electrons. The van der Waals surface area contributed by atoms with Crippen LogP contribution in [0.15, 0.2) is 66.7 Å². The van der Waals surface area contributed by atoms with Crippen LogP contribution in [0.2, 0.25) is 0 Å². The number of carbonyl (C=O) groups is 4. The maximum Gasteiger partial charge on any atom is 0.259 e. The van der Waals surface area contributed by atoms with Crippen molar-refractivity contribution >= 4 is 29.2 Å². The average molecular weight is 440 g/mol. The van der Waals surface area contributed by atoms with Gasteiger partial charge in [-0.05, 0) is 61.3 Å². The highest BCUT2D eigenvalue weighted by molar-refractivity contribution is 6.10. The first kappa shape index (κ1) is 20.1. The topological polar surface area (TPSA) is 74.8 Å². The minimum absolute atomic E-state index is 0.120. The van der Waals surface area contributed by atoms with E-state index in [1.807, 2.05) is 6.07 Å². The molecule has 6 atom stereocenters. The Labute approximate surface area is 191 Å². The van der Waals surface area contributed by atoms with Crippen molar-refractivity contribution in [2.24, 2.45) is 35.5 Å². The van der Waals surface area contributed by atoms with E-state index < -0.39 is 0 Å². The van der Waals surface area contributed by atoms with E-state index in [1.54, 1.807) is 48.5 Å². The number of carbonyl (C=O) groups excluding carboxylic acids is 4. The summed E-state index contributed by atoms with van der Waals surface area (Å²) in [6, 6.07) is 15.5. The van der Waals surface area contributed by atoms with Gasteiger partial charge in [-0.15, -0.1) is 0 Å². The number of allylic oxidation sites excluding steroid dienone is 2. The fourth-order valence-corrected chi connectivity index (χ4v) is 6.19. The van der Waals surface area contributed by atoms with Crippen LogP contribution in [-0.2, 0) is 9.59 Å². The van der Waals surface area contributed by atoms with Gasteiger partial charge in [-0.3, -0.25) is 29.0 Å². The molecule has 0 N–H and O–H groups in total. The zero-order valence-corrected chi connectivity index (χ0v) is 18.3. The van der Waals surface area contributed by atoms with Crippen LogP contribution >= 0.6 is 0 Å². The van der Waals surface area contributed by atoms with E-state index in [0.717, 1.165) is 6.42 Å². The molecule has 6 heteroatoms. The highest BCUT2D eigenvalue weighted by Gasteiger charge is 2.67. The second kappa shape index (κ2) is 7.24. The molecule has 5 aliphatic rings. The number of benzene rings is 2. The molecule has 0 aromatic heterocycles. The Kier molecular flexibility index (Phi) is 4.41. The van der Waals surface area contributed by atoms with Crippen molar-refractivity contribution in [1.29, 1.82) is 0 Å². The van der Waals surface area contributed by atoms with Gasteiger partial charge in [0.25, 0.3) is 5.91 Å². The van der Waals surface area contributed by atoms with Crippen LogP contribution in [-0.4, -0.2) is 35.1 Å². The molecule has 2 saturated carbocycles. The van der Waals surface area contributed by atoms with Crippen LogP contribution in [0.1, 0.15) is 34.1 Å². The Morgan fingerprint density at radius 2 is 1.48 bits per heavy atom. The molecule has 4 aliphatic carbocycles. The summed E-state index contributed by atoms with van der Waals surface area (Å²) in [5, 5.41) is 0. The molecule has 0 unspecified atom stereocenters. The normalized spacial score (nSPS) is 30.8. The van der Waals surface area contributed by atoms with Crippen molar-refractivity contribution in [3.05, 3.63) is 77.9 Å². The molecular formula is C27H24N2O4. The molecule has 3 fully saturated rings. The lowest BCUT2D eigenvalue weighted by atomic mass is 9.63. The van der Waals surface area contributed by atoms with Crippen molar-refractivity contribution in [2.75, 3.05) is 11.6 Å². The summed E-state index contributed by atoms with van der Waals surface area (Å²) >= 11 is 0. The second-order valence-corrected chi connectivity index (χ2v) is 9.61. The molecule has 33 heavy (non-hydrogen) atoms. The van der Waals surface area contributed by atoms with Gasteiger partial charge in [0.05, 0.1) is 11.8 Å². The summed E-state index contributed by atoms with van der Waals surface area (Å²) < 4.78 is 0. The maximum atomic E-state index is 13.5. The quantitative estimate of drug-likeness (QED) is 0.405. The van der Waals surface area contributed by atoms with Crippen LogP contribution in [0.3, 0.4) is 0 Å². The first-order valence-electron chi connectivity index (χ1n) is 11.5. The Balaban J connectivity index is 1.36. The molecule has 1 aliphatic heterocycles. The molecule has 2 bridgehead atoms. The summed E-state index contributed by atoms with van der Waals surface area (Å²) in [5.74, 6) is -0.120. The van der Waals surface area contributed by atoms with E-state index in [1.165, 1.54) is 16.7 Å². The first-order valence-corrected chi connectivity index (χ1v) is 11.5. The van der Waals surface area contributed by atoms with Crippen molar-refractivity contribution in [1.82, 2.24) is 4.90 Å². The van der Waals surface area contributed by atoms with Gasteiger partial charge >= 0.3 is 0 Å². The molecule has 6 nitrogen and oxygen atoms in total. The van der Waals surface area contributed by atoms with Crippen LogP contribution in [0.25, 0.3) is 0 Å². The average Bonchev–Trinajstić information content (AvgIpc) is 3.62. The molecule has 1 saturated heterocycles. The van der Waals surface area contributed by atoms with Gasteiger partial charge in [0, 0.05) is 16.8 Å². The molecule has 0 spiro atoms. The van der Waals surface area contributed by atoms with E-state index >= 15 is 0 Å². The summed E-state index contributed by atoms with van der Waals surface area (Å²) in [5.41, 5.74) is 1.40. The third-order valence-corrected chi connectivity index (χ3v) is 7.87. The molecular weight excluding hydrogens is 416 g/mol. The standard InChI is InChI=1S/C27H24N2O4/c1-15(30)17-8-5-9-18(12-17)28(25(31)16-6-3-2-4-7-16)14-29-26(32)23-19-10-11-20(22-13-21(19)22)24(23)27(29)33/h2-12,19-24H,13-14H2,1H3/t19-,20-,21-,22-,23+,24+/m0/s1. The van der Waals surface area contributed by atoms with E-state index in [-0.39, 0.29) is 53.8 Å². The molecule has 0 radical (unpaired) electrons. The van der Waals surface area contributed by atoms with Crippen molar-refractivity contribution in [2.45, 2.75) is 13.3 Å². The van der Waals surface area contributed by atoms with Gasteiger partial charge in [-0.2, -0.15) is 0 Å². The lowest BCUT2D eigenvalue weighted by Gasteiger charge is -2.37. The van der Waals surface area contributed by atoms with Crippen molar-refractivity contribution in [3.63, 3.8) is 0 Å². The van der Waals surface area contributed by atoms with Crippen LogP contribution < -0.4 is 4.90 Å². The van der Waals surface area contributed by atoms with E-state index in [9.17, 15) is 19.2 Å². The molecule has 7 rings (SSSR count). The summed E-state index contributed by atoms with van der Waals surface area (Å²) in [6.07, 6.45) is 5.38. The van der Waals surface area contributed by atoms with Gasteiger partial charge in [-0.25, -0.2) is 0 Å². The van der Waals surface area contributed by atoms with Crippen molar-refractivity contribution in [3.8, 4) is 0 Å². The van der Waals surface area contributed by atoms with Gasteiger partial charge in [-0.1, -0.05) is 42.5 Å². The second-order valence-electron chi connectivity index (χ2n) is 9.61. The maximum absolute atomic E-state index is 13.5. The zero-order chi connectivity index (χ0) is 22.9. The third kappa shape index (κ3) is 3.00. The van der Waals surface area contributed by atoms with Gasteiger partial charge < -0.3 is 0 Å². The Bertz CT molecular complexity index is 1180. The predicted octanol–water partition coefficient (Wildman–Crippen LogP) is 3.55. The largest absolute Gasteiger partial charge is 0.295 e. The Morgan fingerprint density at radius 3 is 2.09 bits per heavy atom. The number of anilines is 1. The summed E-state index contributed by atoms with van der Waals surface area (Å²) in [4.78, 5) is 55.2. The lowest BCUT2D eigenvalue weighted by Crippen LogP contribution is -2.45. The van der Waals surface area contributed by atoms with E-state index in [2.05, 4.69) is 12.2 Å². The van der Waals surface area contributed by atoms with Crippen LogP contribution in [0.5, 0.6) is 0 Å². The van der Waals surface area contributed by atoms with E-state index in [4.69, 9.17) is 0 Å². The minimum Gasteiger partial charge on any atom is -0.295 e. The van der Waals surface area contributed by atoms with E-state index in [0.29, 0.717) is 28.7 Å². The Morgan fingerprint density at radius 1 is 0.879 bits per heavy atom. The molecule has 2 aromatic rings. The highest BCUT2D eigenvalue weighted by Crippen LogP contribution is 2.65. The number of amides is 3. The molecule has 2 aromatic carbocycles. The zero-order valence-electron chi connectivity index (χ0n) is 18.3. The first-order chi connectivity index (χ1) is 16.0. The van der Waals surface area contributed by atoms with Crippen molar-refractivity contribution < 1.29 is 19.2 Å². The minimum atomic E-state index is -0.323. The predicted molar refractivity (Wildman–Crippen MR) is 121 cm³/mol. The lowest BCUT2D eigenvalue weighted by molar-refractivity contribution is -0.140. The number of Topliss-reactive ketones (excluding diaryl/α,β-unsaturated/α-hetero) is 1. The van der Waals surface area contributed by atoms with Gasteiger partial charge in [0.15, 0.2) is 5.78 Å². The van der Waals surface area contributed by atoms with Crippen LogP contribution in [0.4, 0.5) is 5.69 Å². The summed E-state index contributed by atoms with van der Waals surface area (Å²) in [6.45, 7) is 1.31. The van der Waals surface area contributed by atoms with Gasteiger partial charge in [0.2, 0.25) is 11.8 Å². The third-order valence-electron chi connectivity index (χ3n) is 7.87. The summed E-state index contributed by atoms with van der Waals surface area (Å²) in [7, 11) is 0. The van der Waals surface area contributed by atoms with Gasteiger partial charge in [0.1, 0.15) is 6.67 Å². The fourth-order valence-electron chi connectivity index (χ4n) is 6.19. The number of ketones is 1. The number of likely N-dealkylation sites (tertiary alicyclic amines) is 1. The number of nitrogens with zero attached hydrogens (tertiary/aromatic N) is 2. The SMILES string of the molecule is CC(=O)c1cccc(N(CN2C(=O)[C@@H]3[C@H]4C=C[C@@H]([C@@H]5C[C@@H]45)[C@H]3C2=O)C(=O)c2ccccc2)c1. The number of hydrogen-bond donors (Lipinski definition) is 0. The molecule has 1 heterocycles.